The highest BCUT2D eigenvalue weighted by Crippen LogP contribution is 2.33. The number of benzene rings is 2. The summed E-state index contributed by atoms with van der Waals surface area (Å²) in [5.74, 6) is -0.454. The molecule has 3 heteroatoms. The molecule has 1 heterocycles. The van der Waals surface area contributed by atoms with Gasteiger partial charge in [-0.05, 0) is 43.5 Å². The monoisotopic (exact) mass is 283 g/mol. The van der Waals surface area contributed by atoms with Gasteiger partial charge in [0.25, 0.3) is 5.91 Å². The molecule has 0 aliphatic carbocycles. The van der Waals surface area contributed by atoms with Gasteiger partial charge in [0.2, 0.25) is 0 Å². The number of likely N-dealkylation sites (tertiary alicyclic amines) is 1. The third-order valence-electron chi connectivity index (χ3n) is 4.05. The summed E-state index contributed by atoms with van der Waals surface area (Å²) in [6.07, 6.45) is 1.95. The van der Waals surface area contributed by atoms with Crippen LogP contribution in [-0.2, 0) is 0 Å². The normalized spacial score (nSPS) is 18.0. The first-order valence-corrected chi connectivity index (χ1v) is 7.28. The largest absolute Gasteiger partial charge is 0.332 e. The molecule has 1 aliphatic heterocycles. The van der Waals surface area contributed by atoms with Crippen LogP contribution in [0.2, 0.25) is 0 Å². The molecule has 0 spiro atoms. The molecular formula is C18H18FNO. The van der Waals surface area contributed by atoms with Crippen LogP contribution in [-0.4, -0.2) is 17.4 Å². The van der Waals surface area contributed by atoms with Gasteiger partial charge in [0, 0.05) is 12.1 Å². The Morgan fingerprint density at radius 3 is 2.67 bits per heavy atom. The Hall–Kier alpha value is -2.16. The molecule has 2 aromatic rings. The van der Waals surface area contributed by atoms with E-state index in [1.165, 1.54) is 17.7 Å². The number of nitrogens with zero attached hydrogens (tertiary/aromatic N) is 1. The Morgan fingerprint density at radius 1 is 1.19 bits per heavy atom. The molecule has 0 saturated carbocycles. The Kier molecular flexibility index (Phi) is 3.74. The molecule has 0 bridgehead atoms. The van der Waals surface area contributed by atoms with Gasteiger partial charge in [0.15, 0.2) is 0 Å². The molecule has 21 heavy (non-hydrogen) atoms. The summed E-state index contributed by atoms with van der Waals surface area (Å²) in [6, 6.07) is 14.3. The van der Waals surface area contributed by atoms with Gasteiger partial charge in [0.1, 0.15) is 5.82 Å². The van der Waals surface area contributed by atoms with E-state index in [-0.39, 0.29) is 17.8 Å². The highest BCUT2D eigenvalue weighted by molar-refractivity contribution is 5.94. The second-order valence-corrected chi connectivity index (χ2v) is 5.58. The zero-order valence-corrected chi connectivity index (χ0v) is 12.1. The smallest absolute Gasteiger partial charge is 0.254 e. The van der Waals surface area contributed by atoms with E-state index in [1.54, 1.807) is 12.1 Å². The second kappa shape index (κ2) is 5.68. The minimum atomic E-state index is -0.369. The molecule has 0 radical (unpaired) electrons. The molecule has 1 saturated heterocycles. The molecule has 2 aromatic carbocycles. The molecule has 0 unspecified atom stereocenters. The molecule has 1 aliphatic rings. The minimum absolute atomic E-state index is 0.0856. The average molecular weight is 283 g/mol. The van der Waals surface area contributed by atoms with Gasteiger partial charge in [-0.15, -0.1) is 0 Å². The lowest BCUT2D eigenvalue weighted by atomic mass is 10.0. The number of amides is 1. The highest BCUT2D eigenvalue weighted by Gasteiger charge is 2.30. The van der Waals surface area contributed by atoms with Crippen molar-refractivity contribution in [2.45, 2.75) is 25.8 Å². The van der Waals surface area contributed by atoms with Crippen molar-refractivity contribution in [1.29, 1.82) is 0 Å². The Labute approximate surface area is 124 Å². The van der Waals surface area contributed by atoms with Crippen LogP contribution in [0.5, 0.6) is 0 Å². The van der Waals surface area contributed by atoms with E-state index in [0.29, 0.717) is 5.56 Å². The van der Waals surface area contributed by atoms with E-state index >= 15 is 0 Å². The lowest BCUT2D eigenvalue weighted by molar-refractivity contribution is 0.0735. The fourth-order valence-electron chi connectivity index (χ4n) is 2.93. The molecular weight excluding hydrogens is 265 g/mol. The van der Waals surface area contributed by atoms with Crippen molar-refractivity contribution in [2.75, 3.05) is 6.54 Å². The van der Waals surface area contributed by atoms with Gasteiger partial charge in [-0.1, -0.05) is 35.9 Å². The van der Waals surface area contributed by atoms with Crippen LogP contribution in [0.3, 0.4) is 0 Å². The molecule has 2 nitrogen and oxygen atoms in total. The fraction of sp³-hybridized carbons (Fsp3) is 0.278. The summed E-state index contributed by atoms with van der Waals surface area (Å²) < 4.78 is 13.3. The third kappa shape index (κ3) is 2.82. The predicted octanol–water partition coefficient (Wildman–Crippen LogP) is 4.11. The lowest BCUT2D eigenvalue weighted by Crippen LogP contribution is -2.30. The first kappa shape index (κ1) is 13.8. The highest BCUT2D eigenvalue weighted by atomic mass is 19.1. The molecule has 3 rings (SSSR count). The van der Waals surface area contributed by atoms with Crippen molar-refractivity contribution in [3.63, 3.8) is 0 Å². The zero-order chi connectivity index (χ0) is 14.8. The third-order valence-corrected chi connectivity index (χ3v) is 4.05. The van der Waals surface area contributed by atoms with Crippen molar-refractivity contribution in [2.24, 2.45) is 0 Å². The number of hydrogen-bond donors (Lipinski definition) is 0. The SMILES string of the molecule is Cc1ccc([C@@H]2CCCN2C(=O)c2cccc(F)c2)cc1. The quantitative estimate of drug-likeness (QED) is 0.812. The van der Waals surface area contributed by atoms with Crippen molar-refractivity contribution in [1.82, 2.24) is 4.90 Å². The summed E-state index contributed by atoms with van der Waals surface area (Å²) in [6.45, 7) is 2.78. The van der Waals surface area contributed by atoms with Gasteiger partial charge in [0.05, 0.1) is 6.04 Å². The van der Waals surface area contributed by atoms with Gasteiger partial charge < -0.3 is 4.90 Å². The number of carbonyl (C=O) groups is 1. The second-order valence-electron chi connectivity index (χ2n) is 5.58. The summed E-state index contributed by atoms with van der Waals surface area (Å²) in [7, 11) is 0. The number of rotatable bonds is 2. The average Bonchev–Trinajstić information content (AvgIpc) is 2.96. The Bertz CT molecular complexity index is 651. The maximum Gasteiger partial charge on any atom is 0.254 e. The van der Waals surface area contributed by atoms with Crippen LogP contribution < -0.4 is 0 Å². The van der Waals surface area contributed by atoms with Crippen molar-refractivity contribution < 1.29 is 9.18 Å². The maximum atomic E-state index is 13.3. The van der Waals surface area contributed by atoms with Crippen molar-refractivity contribution >= 4 is 5.91 Å². The molecule has 0 N–H and O–H groups in total. The molecule has 1 fully saturated rings. The van der Waals surface area contributed by atoms with Crippen LogP contribution in [0.1, 0.15) is 40.4 Å². The van der Waals surface area contributed by atoms with Gasteiger partial charge >= 0.3 is 0 Å². The first-order valence-electron chi connectivity index (χ1n) is 7.28. The molecule has 108 valence electrons. The van der Waals surface area contributed by atoms with Crippen molar-refractivity contribution in [3.05, 3.63) is 71.0 Å². The van der Waals surface area contributed by atoms with Crippen LogP contribution in [0.15, 0.2) is 48.5 Å². The lowest BCUT2D eigenvalue weighted by Gasteiger charge is -2.25. The Morgan fingerprint density at radius 2 is 1.95 bits per heavy atom. The van der Waals surface area contributed by atoms with E-state index in [9.17, 15) is 9.18 Å². The fourth-order valence-corrected chi connectivity index (χ4v) is 2.93. The summed E-state index contributed by atoms with van der Waals surface area (Å²) in [5, 5.41) is 0. The van der Waals surface area contributed by atoms with Crippen LogP contribution in [0.25, 0.3) is 0 Å². The van der Waals surface area contributed by atoms with Crippen LogP contribution in [0, 0.1) is 12.7 Å². The number of carbonyl (C=O) groups excluding carboxylic acids is 1. The van der Waals surface area contributed by atoms with Crippen LogP contribution in [0.4, 0.5) is 4.39 Å². The molecule has 0 aromatic heterocycles. The van der Waals surface area contributed by atoms with Gasteiger partial charge in [-0.25, -0.2) is 4.39 Å². The molecule has 1 amide bonds. The van der Waals surface area contributed by atoms with Crippen molar-refractivity contribution in [3.8, 4) is 0 Å². The number of halogens is 1. The zero-order valence-electron chi connectivity index (χ0n) is 12.1. The number of aryl methyl sites for hydroxylation is 1. The summed E-state index contributed by atoms with van der Waals surface area (Å²) >= 11 is 0. The number of hydrogen-bond acceptors (Lipinski definition) is 1. The predicted molar refractivity (Wildman–Crippen MR) is 80.6 cm³/mol. The van der Waals surface area contributed by atoms with E-state index in [4.69, 9.17) is 0 Å². The standard InChI is InChI=1S/C18H18FNO/c1-13-7-9-14(10-8-13)17-6-3-11-20(17)18(21)15-4-2-5-16(19)12-15/h2,4-5,7-10,12,17H,3,6,11H2,1H3/t17-/m0/s1. The first-order chi connectivity index (χ1) is 10.1. The topological polar surface area (TPSA) is 20.3 Å². The van der Waals surface area contributed by atoms with Gasteiger partial charge in [-0.3, -0.25) is 4.79 Å². The summed E-state index contributed by atoms with van der Waals surface area (Å²) in [5.41, 5.74) is 2.79. The maximum absolute atomic E-state index is 13.3. The van der Waals surface area contributed by atoms with E-state index in [0.717, 1.165) is 24.9 Å². The van der Waals surface area contributed by atoms with E-state index < -0.39 is 0 Å². The Balaban J connectivity index is 1.87. The minimum Gasteiger partial charge on any atom is -0.332 e. The van der Waals surface area contributed by atoms with E-state index in [1.807, 2.05) is 11.8 Å². The van der Waals surface area contributed by atoms with Crippen LogP contribution >= 0.6 is 0 Å². The van der Waals surface area contributed by atoms with Gasteiger partial charge in [-0.2, -0.15) is 0 Å². The molecule has 1 atom stereocenters. The summed E-state index contributed by atoms with van der Waals surface area (Å²) in [4.78, 5) is 14.5. The van der Waals surface area contributed by atoms with E-state index in [2.05, 4.69) is 24.3 Å².